The third-order valence-electron chi connectivity index (χ3n) is 2.62. The van der Waals surface area contributed by atoms with Crippen LogP contribution in [0.15, 0.2) is 28.9 Å². The van der Waals surface area contributed by atoms with Gasteiger partial charge in [-0.25, -0.2) is 4.63 Å². The number of amides is 1. The zero-order valence-electron chi connectivity index (χ0n) is 10.1. The van der Waals surface area contributed by atoms with Gasteiger partial charge in [0.1, 0.15) is 0 Å². The zero-order chi connectivity index (χ0) is 13.8. The third kappa shape index (κ3) is 2.69. The van der Waals surface area contributed by atoms with Crippen molar-refractivity contribution >= 4 is 11.7 Å². The van der Waals surface area contributed by atoms with Crippen molar-refractivity contribution in [3.63, 3.8) is 0 Å². The van der Waals surface area contributed by atoms with Crippen molar-refractivity contribution in [3.8, 4) is 6.07 Å². The predicted molar refractivity (Wildman–Crippen MR) is 65.7 cm³/mol. The molecule has 1 heterocycles. The molecule has 1 aromatic carbocycles. The topological polar surface area (TPSA) is 118 Å². The molecule has 0 saturated heterocycles. The van der Waals surface area contributed by atoms with Crippen LogP contribution in [-0.2, 0) is 0 Å². The molecular weight excluding hydrogens is 246 g/mol. The normalized spacial score (nSPS) is 11.6. The number of aromatic nitrogens is 2. The molecule has 1 atom stereocenters. The lowest BCUT2D eigenvalue weighted by Gasteiger charge is -2.13. The Morgan fingerprint density at radius 1 is 1.42 bits per heavy atom. The van der Waals surface area contributed by atoms with Gasteiger partial charge in [-0.3, -0.25) is 4.79 Å². The van der Waals surface area contributed by atoms with Crippen LogP contribution in [0.5, 0.6) is 0 Å². The Kier molecular flexibility index (Phi) is 3.43. The number of rotatable bonds is 3. The fourth-order valence-corrected chi connectivity index (χ4v) is 1.55. The van der Waals surface area contributed by atoms with Crippen LogP contribution >= 0.6 is 0 Å². The van der Waals surface area contributed by atoms with Crippen LogP contribution in [-0.4, -0.2) is 16.2 Å². The van der Waals surface area contributed by atoms with Crippen LogP contribution in [0.1, 0.15) is 34.6 Å². The van der Waals surface area contributed by atoms with Crippen LogP contribution in [0, 0.1) is 11.3 Å². The lowest BCUT2D eigenvalue weighted by Crippen LogP contribution is -2.27. The van der Waals surface area contributed by atoms with E-state index >= 15 is 0 Å². The van der Waals surface area contributed by atoms with Crippen LogP contribution in [0.25, 0.3) is 0 Å². The number of benzene rings is 1. The number of nitrogens with zero attached hydrogens (tertiary/aromatic N) is 3. The fraction of sp³-hybridized carbons (Fsp3) is 0.167. The number of anilines is 1. The molecule has 96 valence electrons. The predicted octanol–water partition coefficient (Wildman–Crippen LogP) is 1.01. The maximum atomic E-state index is 11.8. The van der Waals surface area contributed by atoms with Gasteiger partial charge in [-0.05, 0) is 34.9 Å². The Labute approximate surface area is 109 Å². The molecule has 0 bridgehead atoms. The van der Waals surface area contributed by atoms with E-state index in [1.165, 1.54) is 0 Å². The van der Waals surface area contributed by atoms with Crippen molar-refractivity contribution in [2.24, 2.45) is 0 Å². The Hall–Kier alpha value is -2.88. The molecule has 0 fully saturated rings. The number of carbonyl (C=O) groups is 1. The molecule has 0 aliphatic carbocycles. The van der Waals surface area contributed by atoms with Gasteiger partial charge in [0.15, 0.2) is 0 Å². The first-order valence-corrected chi connectivity index (χ1v) is 5.50. The summed E-state index contributed by atoms with van der Waals surface area (Å²) >= 11 is 0. The number of nitrogen functional groups attached to an aromatic ring is 1. The van der Waals surface area contributed by atoms with Crippen molar-refractivity contribution in [2.45, 2.75) is 13.0 Å². The fourth-order valence-electron chi connectivity index (χ4n) is 1.55. The molecule has 7 nitrogen and oxygen atoms in total. The molecule has 1 unspecified atom stereocenters. The second-order valence-corrected chi connectivity index (χ2v) is 3.93. The monoisotopic (exact) mass is 257 g/mol. The molecular formula is C12H11N5O2. The number of nitrogens with one attached hydrogen (secondary N) is 1. The van der Waals surface area contributed by atoms with E-state index in [9.17, 15) is 4.79 Å². The summed E-state index contributed by atoms with van der Waals surface area (Å²) in [7, 11) is 0. The summed E-state index contributed by atoms with van der Waals surface area (Å²) in [6.07, 6.45) is 0. The number of hydrogen-bond donors (Lipinski definition) is 2. The highest BCUT2D eigenvalue weighted by atomic mass is 16.6. The highest BCUT2D eigenvalue weighted by molar-refractivity contribution is 5.96. The van der Waals surface area contributed by atoms with Crippen LogP contribution in [0.4, 0.5) is 5.82 Å². The molecule has 0 aliphatic rings. The Morgan fingerprint density at radius 2 is 2.11 bits per heavy atom. The van der Waals surface area contributed by atoms with Crippen molar-refractivity contribution in [3.05, 3.63) is 41.1 Å². The third-order valence-corrected chi connectivity index (χ3v) is 2.62. The minimum absolute atomic E-state index is 0.0412. The Morgan fingerprint density at radius 3 is 2.63 bits per heavy atom. The summed E-state index contributed by atoms with van der Waals surface area (Å²) in [5, 5.41) is 18.2. The lowest BCUT2D eigenvalue weighted by molar-refractivity contribution is 0.0930. The molecule has 1 amide bonds. The van der Waals surface area contributed by atoms with Gasteiger partial charge in [0.2, 0.25) is 11.5 Å². The second kappa shape index (κ2) is 5.18. The Balaban J connectivity index is 2.08. The van der Waals surface area contributed by atoms with Crippen molar-refractivity contribution in [1.82, 2.24) is 15.6 Å². The van der Waals surface area contributed by atoms with E-state index in [0.717, 1.165) is 5.56 Å². The van der Waals surface area contributed by atoms with Gasteiger partial charge >= 0.3 is 0 Å². The molecule has 3 N–H and O–H groups in total. The maximum absolute atomic E-state index is 11.8. The van der Waals surface area contributed by atoms with Gasteiger partial charge in [0.25, 0.3) is 5.91 Å². The summed E-state index contributed by atoms with van der Waals surface area (Å²) in [6.45, 7) is 1.81. The quantitative estimate of drug-likeness (QED) is 0.847. The summed E-state index contributed by atoms with van der Waals surface area (Å²) in [6, 6.07) is 8.69. The molecule has 19 heavy (non-hydrogen) atoms. The van der Waals surface area contributed by atoms with Gasteiger partial charge in [-0.2, -0.15) is 5.26 Å². The highest BCUT2D eigenvalue weighted by Gasteiger charge is 2.18. The van der Waals surface area contributed by atoms with Crippen LogP contribution in [0.3, 0.4) is 0 Å². The summed E-state index contributed by atoms with van der Waals surface area (Å²) in [5.41, 5.74) is 6.81. The van der Waals surface area contributed by atoms with Gasteiger partial charge in [-0.15, -0.1) is 0 Å². The standard InChI is InChI=1S/C12H11N5O2/c1-7(9-4-2-8(6-13)3-5-9)15-12(18)10-11(14)17-19-16-10/h2-5,7H,1H3,(H2,14,17)(H,15,18). The van der Waals surface area contributed by atoms with E-state index in [0.29, 0.717) is 5.56 Å². The van der Waals surface area contributed by atoms with Crippen molar-refractivity contribution in [2.75, 3.05) is 5.73 Å². The molecule has 2 aromatic rings. The van der Waals surface area contributed by atoms with Crippen LogP contribution in [0.2, 0.25) is 0 Å². The average molecular weight is 257 g/mol. The van der Waals surface area contributed by atoms with E-state index in [1.54, 1.807) is 24.3 Å². The number of hydrogen-bond acceptors (Lipinski definition) is 6. The minimum atomic E-state index is -0.462. The van der Waals surface area contributed by atoms with Gasteiger partial charge in [-0.1, -0.05) is 12.1 Å². The average Bonchev–Trinajstić information content (AvgIpc) is 2.85. The first-order valence-electron chi connectivity index (χ1n) is 5.50. The number of nitrogens with two attached hydrogens (primary N) is 1. The van der Waals surface area contributed by atoms with Crippen molar-refractivity contribution < 1.29 is 9.42 Å². The highest BCUT2D eigenvalue weighted by Crippen LogP contribution is 2.14. The smallest absolute Gasteiger partial charge is 0.277 e. The van der Waals surface area contributed by atoms with Crippen LogP contribution < -0.4 is 11.1 Å². The van der Waals surface area contributed by atoms with Gasteiger partial charge < -0.3 is 11.1 Å². The maximum Gasteiger partial charge on any atom is 0.277 e. The minimum Gasteiger partial charge on any atom is -0.379 e. The SMILES string of the molecule is CC(NC(=O)c1nonc1N)c1ccc(C#N)cc1. The first kappa shape index (κ1) is 12.6. The molecule has 0 aliphatic heterocycles. The molecule has 7 heteroatoms. The first-order chi connectivity index (χ1) is 9.11. The molecule has 2 rings (SSSR count). The summed E-state index contributed by atoms with van der Waals surface area (Å²) < 4.78 is 4.36. The number of nitriles is 1. The van der Waals surface area contributed by atoms with E-state index in [4.69, 9.17) is 11.0 Å². The van der Waals surface area contributed by atoms with E-state index in [-0.39, 0.29) is 17.6 Å². The van der Waals surface area contributed by atoms with E-state index in [2.05, 4.69) is 20.3 Å². The second-order valence-electron chi connectivity index (χ2n) is 3.93. The molecule has 0 radical (unpaired) electrons. The van der Waals surface area contributed by atoms with Gasteiger partial charge in [0.05, 0.1) is 17.7 Å². The molecule has 0 spiro atoms. The molecule has 1 aromatic heterocycles. The number of carbonyl (C=O) groups excluding carboxylic acids is 1. The largest absolute Gasteiger partial charge is 0.379 e. The summed E-state index contributed by atoms with van der Waals surface area (Å²) in [4.78, 5) is 11.8. The lowest BCUT2D eigenvalue weighted by atomic mass is 10.1. The van der Waals surface area contributed by atoms with E-state index < -0.39 is 5.91 Å². The van der Waals surface area contributed by atoms with E-state index in [1.807, 2.05) is 13.0 Å². The zero-order valence-corrected chi connectivity index (χ0v) is 10.1. The summed E-state index contributed by atoms with van der Waals surface area (Å²) in [5.74, 6) is -0.514. The van der Waals surface area contributed by atoms with Crippen molar-refractivity contribution in [1.29, 1.82) is 5.26 Å². The molecule has 0 saturated carbocycles. The Bertz CT molecular complexity index is 626. The van der Waals surface area contributed by atoms with Gasteiger partial charge in [0, 0.05) is 0 Å².